The Kier molecular flexibility index (Phi) is 4.33. The normalized spacial score (nSPS) is 13.8. The molecule has 0 aliphatic carbocycles. The van der Waals surface area contributed by atoms with Crippen LogP contribution in [0.5, 0.6) is 0 Å². The molecule has 0 atom stereocenters. The minimum atomic E-state index is -0.276. The molecule has 1 aliphatic rings. The Morgan fingerprint density at radius 1 is 1.06 bits per heavy atom. The highest BCUT2D eigenvalue weighted by molar-refractivity contribution is 5.82. The van der Waals surface area contributed by atoms with E-state index in [2.05, 4.69) is 12.1 Å². The molecule has 0 radical (unpaired) electrons. The van der Waals surface area contributed by atoms with Crippen molar-refractivity contribution in [2.45, 2.75) is 47.7 Å². The first-order valence-corrected chi connectivity index (χ1v) is 6.34. The van der Waals surface area contributed by atoms with Gasteiger partial charge < -0.3 is 4.90 Å². The predicted octanol–water partition coefficient (Wildman–Crippen LogP) is 3.60. The van der Waals surface area contributed by atoms with Crippen molar-refractivity contribution in [3.63, 3.8) is 0 Å². The van der Waals surface area contributed by atoms with E-state index in [1.165, 1.54) is 11.1 Å². The van der Waals surface area contributed by atoms with Crippen LogP contribution in [-0.4, -0.2) is 10.8 Å². The van der Waals surface area contributed by atoms with Gasteiger partial charge in [-0.05, 0) is 11.1 Å². The summed E-state index contributed by atoms with van der Waals surface area (Å²) in [5, 5.41) is 0. The van der Waals surface area contributed by atoms with E-state index in [4.69, 9.17) is 0 Å². The third kappa shape index (κ3) is 3.09. The zero-order valence-electron chi connectivity index (χ0n) is 11.6. The zero-order valence-corrected chi connectivity index (χ0v) is 11.6. The highest BCUT2D eigenvalue weighted by atomic mass is 16.2. The molecule has 17 heavy (non-hydrogen) atoms. The molecule has 1 amide bonds. The summed E-state index contributed by atoms with van der Waals surface area (Å²) in [5.74, 6) is 0.235. The van der Waals surface area contributed by atoms with Crippen LogP contribution in [0.15, 0.2) is 24.3 Å². The molecule has 0 spiro atoms. The van der Waals surface area contributed by atoms with Crippen molar-refractivity contribution in [3.05, 3.63) is 35.4 Å². The average molecular weight is 233 g/mol. The fourth-order valence-corrected chi connectivity index (χ4v) is 1.95. The Bertz CT molecular complexity index is 365. The Balaban J connectivity index is 0.000000686. The number of hydrogen-bond donors (Lipinski definition) is 0. The SMILES string of the molecule is CC.CC(C)(C)C(=O)N1Cc2ccccc2C1. The van der Waals surface area contributed by atoms with Crippen molar-refractivity contribution in [1.82, 2.24) is 4.90 Å². The second-order valence-electron chi connectivity index (χ2n) is 5.18. The van der Waals surface area contributed by atoms with Gasteiger partial charge in [0.15, 0.2) is 0 Å². The molecule has 0 N–H and O–H groups in total. The molecule has 0 bridgehead atoms. The van der Waals surface area contributed by atoms with Gasteiger partial charge in [0.1, 0.15) is 0 Å². The van der Waals surface area contributed by atoms with Crippen molar-refractivity contribution in [2.75, 3.05) is 0 Å². The van der Waals surface area contributed by atoms with Crippen LogP contribution in [0.4, 0.5) is 0 Å². The van der Waals surface area contributed by atoms with Gasteiger partial charge in [-0.2, -0.15) is 0 Å². The monoisotopic (exact) mass is 233 g/mol. The lowest BCUT2D eigenvalue weighted by molar-refractivity contribution is -0.140. The molecule has 94 valence electrons. The lowest BCUT2D eigenvalue weighted by Crippen LogP contribution is -2.35. The first-order valence-electron chi connectivity index (χ1n) is 6.34. The van der Waals surface area contributed by atoms with E-state index in [-0.39, 0.29) is 11.3 Å². The molecule has 2 nitrogen and oxygen atoms in total. The topological polar surface area (TPSA) is 20.3 Å². The van der Waals surface area contributed by atoms with Crippen molar-refractivity contribution >= 4 is 5.91 Å². The molecular weight excluding hydrogens is 210 g/mol. The summed E-state index contributed by atoms with van der Waals surface area (Å²) < 4.78 is 0. The van der Waals surface area contributed by atoms with E-state index < -0.39 is 0 Å². The van der Waals surface area contributed by atoms with Gasteiger partial charge in [0.05, 0.1) is 0 Å². The van der Waals surface area contributed by atoms with Crippen molar-refractivity contribution in [2.24, 2.45) is 5.41 Å². The average Bonchev–Trinajstić information content (AvgIpc) is 2.72. The molecule has 1 heterocycles. The number of carbonyl (C=O) groups is 1. The van der Waals surface area contributed by atoms with Crippen LogP contribution in [0, 0.1) is 5.41 Å². The summed E-state index contributed by atoms with van der Waals surface area (Å²) in [4.78, 5) is 14.0. The summed E-state index contributed by atoms with van der Waals surface area (Å²) in [6.07, 6.45) is 0. The summed E-state index contributed by atoms with van der Waals surface area (Å²) in [7, 11) is 0. The standard InChI is InChI=1S/C13H17NO.C2H6/c1-13(2,3)12(15)14-8-10-6-4-5-7-11(10)9-14;1-2/h4-7H,8-9H2,1-3H3;1-2H3. The van der Waals surface area contributed by atoms with Gasteiger partial charge in [-0.1, -0.05) is 58.9 Å². The van der Waals surface area contributed by atoms with E-state index in [9.17, 15) is 4.79 Å². The summed E-state index contributed by atoms with van der Waals surface area (Å²) in [6.45, 7) is 11.5. The molecule has 0 saturated heterocycles. The largest absolute Gasteiger partial charge is 0.334 e. The van der Waals surface area contributed by atoms with Crippen LogP contribution in [0.2, 0.25) is 0 Å². The molecular formula is C15H23NO. The quantitative estimate of drug-likeness (QED) is 0.670. The van der Waals surface area contributed by atoms with Crippen LogP contribution in [0.1, 0.15) is 45.7 Å². The van der Waals surface area contributed by atoms with Gasteiger partial charge in [0, 0.05) is 18.5 Å². The van der Waals surface area contributed by atoms with E-state index in [0.29, 0.717) is 0 Å². The Morgan fingerprint density at radius 2 is 1.47 bits per heavy atom. The molecule has 1 aromatic rings. The van der Waals surface area contributed by atoms with Crippen LogP contribution in [0.25, 0.3) is 0 Å². The highest BCUT2D eigenvalue weighted by Gasteiger charge is 2.30. The third-order valence-electron chi connectivity index (χ3n) is 2.77. The number of fused-ring (bicyclic) bond motifs is 1. The minimum Gasteiger partial charge on any atom is -0.334 e. The number of amides is 1. The van der Waals surface area contributed by atoms with Crippen molar-refractivity contribution in [3.8, 4) is 0 Å². The Labute approximate surface area is 105 Å². The number of carbonyl (C=O) groups excluding carboxylic acids is 1. The zero-order chi connectivity index (χ0) is 13.1. The smallest absolute Gasteiger partial charge is 0.228 e. The van der Waals surface area contributed by atoms with Crippen LogP contribution in [-0.2, 0) is 17.9 Å². The van der Waals surface area contributed by atoms with Gasteiger partial charge in [0.2, 0.25) is 5.91 Å². The molecule has 0 saturated carbocycles. The predicted molar refractivity (Wildman–Crippen MR) is 71.5 cm³/mol. The van der Waals surface area contributed by atoms with E-state index >= 15 is 0 Å². The second kappa shape index (κ2) is 5.35. The number of rotatable bonds is 0. The van der Waals surface area contributed by atoms with Crippen molar-refractivity contribution in [1.29, 1.82) is 0 Å². The Morgan fingerprint density at radius 3 is 1.82 bits per heavy atom. The van der Waals surface area contributed by atoms with E-state index in [1.54, 1.807) is 0 Å². The van der Waals surface area contributed by atoms with Gasteiger partial charge in [-0.15, -0.1) is 0 Å². The highest BCUT2D eigenvalue weighted by Crippen LogP contribution is 2.27. The van der Waals surface area contributed by atoms with Gasteiger partial charge in [-0.3, -0.25) is 4.79 Å². The van der Waals surface area contributed by atoms with Gasteiger partial charge in [0.25, 0.3) is 0 Å². The lowest BCUT2D eigenvalue weighted by Gasteiger charge is -2.25. The molecule has 2 heteroatoms. The molecule has 2 rings (SSSR count). The first kappa shape index (κ1) is 13.8. The number of nitrogens with zero attached hydrogens (tertiary/aromatic N) is 1. The molecule has 0 unspecified atom stereocenters. The Hall–Kier alpha value is -1.31. The fraction of sp³-hybridized carbons (Fsp3) is 0.533. The third-order valence-corrected chi connectivity index (χ3v) is 2.77. The van der Waals surface area contributed by atoms with Gasteiger partial charge >= 0.3 is 0 Å². The summed E-state index contributed by atoms with van der Waals surface area (Å²) in [6, 6.07) is 8.27. The van der Waals surface area contributed by atoms with Crippen LogP contribution >= 0.6 is 0 Å². The van der Waals surface area contributed by atoms with E-state index in [1.807, 2.05) is 51.7 Å². The van der Waals surface area contributed by atoms with E-state index in [0.717, 1.165) is 13.1 Å². The fourth-order valence-electron chi connectivity index (χ4n) is 1.95. The van der Waals surface area contributed by atoms with Gasteiger partial charge in [-0.25, -0.2) is 0 Å². The lowest BCUT2D eigenvalue weighted by atomic mass is 9.95. The summed E-state index contributed by atoms with van der Waals surface area (Å²) >= 11 is 0. The molecule has 1 aliphatic heterocycles. The molecule has 0 fully saturated rings. The first-order chi connectivity index (χ1) is 7.98. The van der Waals surface area contributed by atoms with Crippen molar-refractivity contribution < 1.29 is 4.79 Å². The maximum atomic E-state index is 12.1. The van der Waals surface area contributed by atoms with Crippen LogP contribution < -0.4 is 0 Å². The maximum absolute atomic E-state index is 12.1. The minimum absolute atomic E-state index is 0.235. The maximum Gasteiger partial charge on any atom is 0.228 e. The number of benzene rings is 1. The molecule has 0 aromatic heterocycles. The molecule has 1 aromatic carbocycles. The van der Waals surface area contributed by atoms with Crippen LogP contribution in [0.3, 0.4) is 0 Å². The summed E-state index contributed by atoms with van der Waals surface area (Å²) in [5.41, 5.74) is 2.30. The number of hydrogen-bond acceptors (Lipinski definition) is 1. The second-order valence-corrected chi connectivity index (χ2v) is 5.18.